The lowest BCUT2D eigenvalue weighted by Gasteiger charge is -1.90. The van der Waals surface area contributed by atoms with Gasteiger partial charge in [-0.2, -0.15) is 5.10 Å². The van der Waals surface area contributed by atoms with E-state index < -0.39 is 11.9 Å². The molecule has 1 N–H and O–H groups in total. The van der Waals surface area contributed by atoms with Crippen LogP contribution in [-0.4, -0.2) is 26.8 Å². The highest BCUT2D eigenvalue weighted by Crippen LogP contribution is 1.86. The predicted molar refractivity (Wildman–Crippen MR) is 39.6 cm³/mol. The van der Waals surface area contributed by atoms with Crippen molar-refractivity contribution in [1.29, 1.82) is 0 Å². The van der Waals surface area contributed by atoms with E-state index in [1.807, 2.05) is 0 Å². The molecule has 1 aromatic rings. The second-order valence-electron chi connectivity index (χ2n) is 1.96. The number of allylic oxidation sites excluding steroid dienone is 1. The largest absolute Gasteiger partial charge is 0.478 e. The van der Waals surface area contributed by atoms with Gasteiger partial charge in [0, 0.05) is 24.5 Å². The maximum absolute atomic E-state index is 11.0. The maximum atomic E-state index is 11.0. The molecule has 0 aliphatic rings. The van der Waals surface area contributed by atoms with Gasteiger partial charge in [-0.3, -0.25) is 4.79 Å². The minimum Gasteiger partial charge on any atom is -0.478 e. The average molecular weight is 166 g/mol. The summed E-state index contributed by atoms with van der Waals surface area (Å²) in [5.74, 6) is -1.64. The SMILES string of the molecule is O=C(O)/C=C/C(=O)n1cccn1. The second kappa shape index (κ2) is 3.47. The van der Waals surface area contributed by atoms with E-state index in [2.05, 4.69) is 5.10 Å². The number of nitrogens with zero attached hydrogens (tertiary/aromatic N) is 2. The van der Waals surface area contributed by atoms with Crippen LogP contribution in [0.15, 0.2) is 30.6 Å². The molecule has 0 aliphatic heterocycles. The lowest BCUT2D eigenvalue weighted by molar-refractivity contribution is -0.131. The molecule has 0 radical (unpaired) electrons. The Kier molecular flexibility index (Phi) is 2.37. The quantitative estimate of drug-likeness (QED) is 0.635. The van der Waals surface area contributed by atoms with Crippen LogP contribution in [0.4, 0.5) is 0 Å². The highest BCUT2D eigenvalue weighted by atomic mass is 16.4. The van der Waals surface area contributed by atoms with Crippen LogP contribution in [0.5, 0.6) is 0 Å². The Morgan fingerprint density at radius 3 is 2.67 bits per heavy atom. The summed E-state index contributed by atoms with van der Waals surface area (Å²) >= 11 is 0. The molecule has 0 unspecified atom stereocenters. The van der Waals surface area contributed by atoms with E-state index in [1.165, 1.54) is 12.4 Å². The zero-order valence-corrected chi connectivity index (χ0v) is 6.04. The van der Waals surface area contributed by atoms with Gasteiger partial charge in [0.25, 0.3) is 5.91 Å². The minimum absolute atomic E-state index is 0.484. The zero-order valence-electron chi connectivity index (χ0n) is 6.04. The predicted octanol–water partition coefficient (Wildman–Crippen LogP) is 0.164. The number of carbonyl (C=O) groups excluding carboxylic acids is 1. The monoisotopic (exact) mass is 166 g/mol. The Bertz CT molecular complexity index is 313. The molecule has 0 fully saturated rings. The highest BCUT2D eigenvalue weighted by molar-refractivity contribution is 5.94. The fourth-order valence-corrected chi connectivity index (χ4v) is 0.618. The topological polar surface area (TPSA) is 72.2 Å². The molecular weight excluding hydrogens is 160 g/mol. The summed E-state index contributed by atoms with van der Waals surface area (Å²) in [4.78, 5) is 21.0. The number of hydrogen-bond donors (Lipinski definition) is 1. The molecule has 0 amide bonds. The summed E-state index contributed by atoms with van der Waals surface area (Å²) in [6.45, 7) is 0. The summed E-state index contributed by atoms with van der Waals surface area (Å²) in [7, 11) is 0. The van der Waals surface area contributed by atoms with Crippen molar-refractivity contribution in [3.63, 3.8) is 0 Å². The van der Waals surface area contributed by atoms with E-state index in [0.29, 0.717) is 0 Å². The average Bonchev–Trinajstić information content (AvgIpc) is 2.51. The van der Waals surface area contributed by atoms with Crippen LogP contribution in [0.25, 0.3) is 0 Å². The summed E-state index contributed by atoms with van der Waals surface area (Å²) in [5.41, 5.74) is 0. The zero-order chi connectivity index (χ0) is 8.97. The van der Waals surface area contributed by atoms with Gasteiger partial charge in [0.1, 0.15) is 0 Å². The number of carbonyl (C=O) groups is 2. The van der Waals surface area contributed by atoms with Crippen LogP contribution >= 0.6 is 0 Å². The molecular formula is C7H6N2O3. The minimum atomic E-state index is -1.16. The number of carboxylic acids is 1. The number of aliphatic carboxylic acids is 1. The fourth-order valence-electron chi connectivity index (χ4n) is 0.618. The smallest absolute Gasteiger partial charge is 0.328 e. The van der Waals surface area contributed by atoms with Crippen LogP contribution in [-0.2, 0) is 4.79 Å². The van der Waals surface area contributed by atoms with Crippen LogP contribution in [0, 0.1) is 0 Å². The third kappa shape index (κ3) is 2.05. The first-order valence-corrected chi connectivity index (χ1v) is 3.15. The first-order chi connectivity index (χ1) is 5.70. The summed E-state index contributed by atoms with van der Waals surface area (Å²) in [6.07, 6.45) is 4.58. The molecule has 0 saturated carbocycles. The third-order valence-electron chi connectivity index (χ3n) is 1.10. The Morgan fingerprint density at radius 1 is 1.42 bits per heavy atom. The van der Waals surface area contributed by atoms with Crippen molar-refractivity contribution in [3.8, 4) is 0 Å². The summed E-state index contributed by atoms with van der Waals surface area (Å²) in [6, 6.07) is 1.58. The molecule has 0 spiro atoms. The normalized spacial score (nSPS) is 10.3. The van der Waals surface area contributed by atoms with Gasteiger partial charge >= 0.3 is 5.97 Å². The van der Waals surface area contributed by atoms with Crippen molar-refractivity contribution in [2.24, 2.45) is 0 Å². The molecule has 1 rings (SSSR count). The number of carboxylic acid groups (broad SMARTS) is 1. The third-order valence-corrected chi connectivity index (χ3v) is 1.10. The van der Waals surface area contributed by atoms with Gasteiger partial charge in [-0.1, -0.05) is 0 Å². The first kappa shape index (κ1) is 8.19. The van der Waals surface area contributed by atoms with Gasteiger partial charge in [0.05, 0.1) is 0 Å². The van der Waals surface area contributed by atoms with E-state index in [1.54, 1.807) is 6.07 Å². The lowest BCUT2D eigenvalue weighted by atomic mass is 10.5. The molecule has 0 saturated heterocycles. The molecule has 0 atom stereocenters. The number of hydrogen-bond acceptors (Lipinski definition) is 3. The van der Waals surface area contributed by atoms with Gasteiger partial charge < -0.3 is 5.11 Å². The summed E-state index contributed by atoms with van der Waals surface area (Å²) < 4.78 is 1.04. The van der Waals surface area contributed by atoms with Gasteiger partial charge in [-0.25, -0.2) is 9.48 Å². The van der Waals surface area contributed by atoms with Gasteiger partial charge in [0.2, 0.25) is 0 Å². The van der Waals surface area contributed by atoms with Gasteiger partial charge in [-0.05, 0) is 6.07 Å². The molecule has 0 aromatic carbocycles. The van der Waals surface area contributed by atoms with E-state index in [-0.39, 0.29) is 0 Å². The molecule has 12 heavy (non-hydrogen) atoms. The van der Waals surface area contributed by atoms with E-state index in [0.717, 1.165) is 16.8 Å². The van der Waals surface area contributed by atoms with Crippen molar-refractivity contribution in [3.05, 3.63) is 30.6 Å². The van der Waals surface area contributed by atoms with Gasteiger partial charge in [-0.15, -0.1) is 0 Å². The molecule has 5 heteroatoms. The van der Waals surface area contributed by atoms with Crippen molar-refractivity contribution in [2.45, 2.75) is 0 Å². The molecule has 1 heterocycles. The molecule has 1 aromatic heterocycles. The molecule has 0 bridgehead atoms. The maximum Gasteiger partial charge on any atom is 0.328 e. The second-order valence-corrected chi connectivity index (χ2v) is 1.96. The van der Waals surface area contributed by atoms with Crippen molar-refractivity contribution in [2.75, 3.05) is 0 Å². The number of rotatable bonds is 2. The highest BCUT2D eigenvalue weighted by Gasteiger charge is 1.98. The van der Waals surface area contributed by atoms with Crippen LogP contribution in [0.3, 0.4) is 0 Å². The number of aromatic nitrogens is 2. The van der Waals surface area contributed by atoms with Crippen molar-refractivity contribution >= 4 is 11.9 Å². The lowest BCUT2D eigenvalue weighted by Crippen LogP contribution is -2.07. The standard InChI is InChI=1S/C7H6N2O3/c10-6(2-3-7(11)12)9-5-1-4-8-9/h1-5H,(H,11,12)/b3-2+. The van der Waals surface area contributed by atoms with Crippen LogP contribution in [0.1, 0.15) is 4.79 Å². The van der Waals surface area contributed by atoms with Crippen molar-refractivity contribution in [1.82, 2.24) is 9.78 Å². The van der Waals surface area contributed by atoms with Crippen LogP contribution < -0.4 is 0 Å². The Hall–Kier alpha value is -1.91. The molecule has 0 aliphatic carbocycles. The summed E-state index contributed by atoms with van der Waals surface area (Å²) in [5, 5.41) is 11.8. The molecule has 5 nitrogen and oxygen atoms in total. The Labute approximate surface area is 67.9 Å². The van der Waals surface area contributed by atoms with Crippen LogP contribution in [0.2, 0.25) is 0 Å². The fraction of sp³-hybridized carbons (Fsp3) is 0. The first-order valence-electron chi connectivity index (χ1n) is 3.15. The molecule has 62 valence electrons. The van der Waals surface area contributed by atoms with Crippen molar-refractivity contribution < 1.29 is 14.7 Å². The van der Waals surface area contributed by atoms with E-state index in [4.69, 9.17) is 5.11 Å². The van der Waals surface area contributed by atoms with E-state index >= 15 is 0 Å². The Morgan fingerprint density at radius 2 is 2.17 bits per heavy atom. The van der Waals surface area contributed by atoms with E-state index in [9.17, 15) is 9.59 Å². The Balaban J connectivity index is 2.68. The van der Waals surface area contributed by atoms with Gasteiger partial charge in [0.15, 0.2) is 0 Å².